The number of hydrogen-bond acceptors (Lipinski definition) is 4. The molecule has 0 aliphatic carbocycles. The molecule has 0 radical (unpaired) electrons. The van der Waals surface area contributed by atoms with Gasteiger partial charge in [-0.25, -0.2) is 0 Å². The second-order valence-electron chi connectivity index (χ2n) is 4.65. The van der Waals surface area contributed by atoms with Gasteiger partial charge in [0.2, 0.25) is 0 Å². The molecule has 0 saturated carbocycles. The Balaban J connectivity index is 1.88. The number of β-amino-alcohol motifs (C(OH)–C–C–N with tert-alkyl or cyclic N) is 1. The lowest BCUT2D eigenvalue weighted by Gasteiger charge is -2.36. The second kappa shape index (κ2) is 5.38. The first-order valence-corrected chi connectivity index (χ1v) is 6.09. The van der Waals surface area contributed by atoms with Gasteiger partial charge in [-0.1, -0.05) is 0 Å². The van der Waals surface area contributed by atoms with Crippen molar-refractivity contribution in [3.05, 3.63) is 24.3 Å². The minimum atomic E-state index is -0.254. The number of benzene rings is 1. The van der Waals surface area contributed by atoms with Crippen molar-refractivity contribution in [3.63, 3.8) is 0 Å². The molecule has 4 heteroatoms. The van der Waals surface area contributed by atoms with Gasteiger partial charge in [0.25, 0.3) is 0 Å². The number of aliphatic hydroxyl groups excluding tert-OH is 1. The highest BCUT2D eigenvalue weighted by Crippen LogP contribution is 2.19. The third-order valence-corrected chi connectivity index (χ3v) is 3.11. The van der Waals surface area contributed by atoms with Gasteiger partial charge < -0.3 is 15.1 Å². The Morgan fingerprint density at radius 2 is 1.71 bits per heavy atom. The smallest absolute Gasteiger partial charge is 0.115 e. The van der Waals surface area contributed by atoms with Gasteiger partial charge in [-0.05, 0) is 31.2 Å². The van der Waals surface area contributed by atoms with Crippen molar-refractivity contribution in [1.82, 2.24) is 4.90 Å². The molecule has 1 aliphatic rings. The molecule has 1 atom stereocenters. The van der Waals surface area contributed by atoms with Crippen LogP contribution in [0.3, 0.4) is 0 Å². The van der Waals surface area contributed by atoms with Gasteiger partial charge in [-0.15, -0.1) is 0 Å². The highest BCUT2D eigenvalue weighted by Gasteiger charge is 2.17. The molecule has 17 heavy (non-hydrogen) atoms. The van der Waals surface area contributed by atoms with Gasteiger partial charge in [0.15, 0.2) is 0 Å². The fraction of sp³-hybridized carbons (Fsp3) is 0.538. The Bertz CT molecular complexity index is 343. The molecule has 1 fully saturated rings. The quantitative estimate of drug-likeness (QED) is 0.818. The van der Waals surface area contributed by atoms with Crippen molar-refractivity contribution >= 4 is 5.69 Å². The highest BCUT2D eigenvalue weighted by molar-refractivity contribution is 5.49. The van der Waals surface area contributed by atoms with Gasteiger partial charge in [0, 0.05) is 38.4 Å². The van der Waals surface area contributed by atoms with E-state index in [-0.39, 0.29) is 6.10 Å². The molecular formula is C13H20N2O2. The van der Waals surface area contributed by atoms with Crippen LogP contribution in [0.15, 0.2) is 24.3 Å². The standard InChI is InChI=1S/C13H20N2O2/c1-11(16)10-14-6-8-15(9-7-14)12-2-4-13(17)5-3-12/h2-5,11,16-17H,6-10H2,1H3. The molecule has 0 aromatic heterocycles. The Labute approximate surface area is 102 Å². The zero-order chi connectivity index (χ0) is 12.3. The van der Waals surface area contributed by atoms with Crippen LogP contribution >= 0.6 is 0 Å². The van der Waals surface area contributed by atoms with E-state index < -0.39 is 0 Å². The van der Waals surface area contributed by atoms with Crippen molar-refractivity contribution in [3.8, 4) is 5.75 Å². The third kappa shape index (κ3) is 3.35. The molecule has 0 bridgehead atoms. The van der Waals surface area contributed by atoms with Crippen LogP contribution in [0.25, 0.3) is 0 Å². The molecule has 0 amide bonds. The van der Waals surface area contributed by atoms with Gasteiger partial charge in [-0.2, -0.15) is 0 Å². The lowest BCUT2D eigenvalue weighted by Crippen LogP contribution is -2.48. The minimum Gasteiger partial charge on any atom is -0.508 e. The highest BCUT2D eigenvalue weighted by atomic mass is 16.3. The summed E-state index contributed by atoms with van der Waals surface area (Å²) in [6.45, 7) is 6.47. The Kier molecular flexibility index (Phi) is 3.86. The molecule has 1 unspecified atom stereocenters. The van der Waals surface area contributed by atoms with E-state index in [4.69, 9.17) is 0 Å². The molecule has 1 heterocycles. The zero-order valence-corrected chi connectivity index (χ0v) is 10.2. The van der Waals surface area contributed by atoms with E-state index in [9.17, 15) is 10.2 Å². The molecule has 0 spiro atoms. The van der Waals surface area contributed by atoms with Gasteiger partial charge in [0.05, 0.1) is 6.10 Å². The summed E-state index contributed by atoms with van der Waals surface area (Å²) >= 11 is 0. The van der Waals surface area contributed by atoms with Crippen molar-refractivity contribution in [2.75, 3.05) is 37.6 Å². The first-order valence-electron chi connectivity index (χ1n) is 6.09. The molecule has 4 nitrogen and oxygen atoms in total. The van der Waals surface area contributed by atoms with E-state index in [1.54, 1.807) is 12.1 Å². The predicted molar refractivity (Wildman–Crippen MR) is 68.4 cm³/mol. The number of aliphatic hydroxyl groups is 1. The van der Waals surface area contributed by atoms with Crippen LogP contribution in [0.2, 0.25) is 0 Å². The maximum absolute atomic E-state index is 9.34. The van der Waals surface area contributed by atoms with Crippen molar-refractivity contribution in [1.29, 1.82) is 0 Å². The largest absolute Gasteiger partial charge is 0.508 e. The maximum Gasteiger partial charge on any atom is 0.115 e. The van der Waals surface area contributed by atoms with Crippen LogP contribution in [-0.2, 0) is 0 Å². The molecule has 1 aliphatic heterocycles. The first-order chi connectivity index (χ1) is 8.15. The number of hydrogen-bond donors (Lipinski definition) is 2. The predicted octanol–water partition coefficient (Wildman–Crippen LogP) is 0.895. The van der Waals surface area contributed by atoms with E-state index in [0.29, 0.717) is 5.75 Å². The lowest BCUT2D eigenvalue weighted by atomic mass is 10.2. The normalized spacial score (nSPS) is 19.3. The summed E-state index contributed by atoms with van der Waals surface area (Å²) in [5.74, 6) is 0.307. The van der Waals surface area contributed by atoms with E-state index in [1.165, 1.54) is 0 Å². The monoisotopic (exact) mass is 236 g/mol. The molecular weight excluding hydrogens is 216 g/mol. The van der Waals surface area contributed by atoms with E-state index in [1.807, 2.05) is 19.1 Å². The summed E-state index contributed by atoms with van der Waals surface area (Å²) in [4.78, 5) is 4.58. The fourth-order valence-corrected chi connectivity index (χ4v) is 2.23. The van der Waals surface area contributed by atoms with Gasteiger partial charge in [0.1, 0.15) is 5.75 Å². The van der Waals surface area contributed by atoms with Gasteiger partial charge >= 0.3 is 0 Å². The Hall–Kier alpha value is -1.26. The molecule has 1 saturated heterocycles. The molecule has 1 aromatic rings. The van der Waals surface area contributed by atoms with Crippen LogP contribution in [0, 0.1) is 0 Å². The first kappa shape index (κ1) is 12.2. The number of aromatic hydroxyl groups is 1. The number of rotatable bonds is 3. The molecule has 94 valence electrons. The van der Waals surface area contributed by atoms with Crippen molar-refractivity contribution in [2.45, 2.75) is 13.0 Å². The minimum absolute atomic E-state index is 0.254. The average molecular weight is 236 g/mol. The van der Waals surface area contributed by atoms with E-state index >= 15 is 0 Å². The van der Waals surface area contributed by atoms with Gasteiger partial charge in [-0.3, -0.25) is 4.90 Å². The summed E-state index contributed by atoms with van der Waals surface area (Å²) in [5, 5.41) is 18.6. The summed E-state index contributed by atoms with van der Waals surface area (Å²) in [6.07, 6.45) is -0.254. The Morgan fingerprint density at radius 1 is 1.12 bits per heavy atom. The van der Waals surface area contributed by atoms with Crippen LogP contribution in [0.5, 0.6) is 5.75 Å². The molecule has 2 N–H and O–H groups in total. The summed E-state index contributed by atoms with van der Waals surface area (Å²) in [5.41, 5.74) is 1.15. The van der Waals surface area contributed by atoms with Crippen LogP contribution in [0.1, 0.15) is 6.92 Å². The topological polar surface area (TPSA) is 46.9 Å². The van der Waals surface area contributed by atoms with E-state index in [0.717, 1.165) is 38.4 Å². The molecule has 2 rings (SSSR count). The Morgan fingerprint density at radius 3 is 2.24 bits per heavy atom. The number of phenols is 1. The number of anilines is 1. The lowest BCUT2D eigenvalue weighted by molar-refractivity contribution is 0.122. The SMILES string of the molecule is CC(O)CN1CCN(c2ccc(O)cc2)CC1. The van der Waals surface area contributed by atoms with Crippen molar-refractivity contribution in [2.24, 2.45) is 0 Å². The maximum atomic E-state index is 9.34. The molecule has 1 aromatic carbocycles. The number of piperazine rings is 1. The third-order valence-electron chi connectivity index (χ3n) is 3.11. The summed E-state index contributed by atoms with van der Waals surface area (Å²) in [7, 11) is 0. The summed E-state index contributed by atoms with van der Waals surface area (Å²) in [6, 6.07) is 7.33. The summed E-state index contributed by atoms with van der Waals surface area (Å²) < 4.78 is 0. The van der Waals surface area contributed by atoms with E-state index in [2.05, 4.69) is 9.80 Å². The van der Waals surface area contributed by atoms with Crippen LogP contribution in [0.4, 0.5) is 5.69 Å². The number of phenolic OH excluding ortho intramolecular Hbond substituents is 1. The van der Waals surface area contributed by atoms with Crippen LogP contribution < -0.4 is 4.90 Å². The van der Waals surface area contributed by atoms with Crippen LogP contribution in [-0.4, -0.2) is 53.9 Å². The number of nitrogens with zero attached hydrogens (tertiary/aromatic N) is 2. The van der Waals surface area contributed by atoms with Crippen molar-refractivity contribution < 1.29 is 10.2 Å². The fourth-order valence-electron chi connectivity index (χ4n) is 2.23. The second-order valence-corrected chi connectivity index (χ2v) is 4.65. The zero-order valence-electron chi connectivity index (χ0n) is 10.2. The average Bonchev–Trinajstić information content (AvgIpc) is 2.30.